The van der Waals surface area contributed by atoms with Crippen LogP contribution in [-0.2, 0) is 4.79 Å². The quantitative estimate of drug-likeness (QED) is 0.730. The molecule has 1 N–H and O–H groups in total. The van der Waals surface area contributed by atoms with E-state index in [2.05, 4.69) is 31.3 Å². The summed E-state index contributed by atoms with van der Waals surface area (Å²) in [5, 5.41) is 3.19. The lowest BCUT2D eigenvalue weighted by Gasteiger charge is -2.25. The van der Waals surface area contributed by atoms with E-state index in [1.807, 2.05) is 56.3 Å². The van der Waals surface area contributed by atoms with Crippen molar-refractivity contribution in [3.63, 3.8) is 0 Å². The van der Waals surface area contributed by atoms with E-state index in [1.165, 1.54) is 0 Å². The number of carbonyl (C=O) groups is 1. The normalized spacial score (nSPS) is 13.3. The fraction of sp³-hybridized carbons (Fsp3) is 0.409. The van der Waals surface area contributed by atoms with E-state index in [0.717, 1.165) is 23.3 Å². The van der Waals surface area contributed by atoms with Crippen molar-refractivity contribution < 1.29 is 9.53 Å². The summed E-state index contributed by atoms with van der Waals surface area (Å²) in [7, 11) is 0. The van der Waals surface area contributed by atoms with Gasteiger partial charge in [-0.3, -0.25) is 4.79 Å². The van der Waals surface area contributed by atoms with Crippen molar-refractivity contribution in [2.75, 3.05) is 0 Å². The number of aryl methyl sites for hydroxylation is 1. The van der Waals surface area contributed by atoms with Crippen molar-refractivity contribution in [2.45, 2.75) is 52.7 Å². The molecule has 2 rings (SSSR count). The molecule has 0 radical (unpaired) electrons. The number of hydrogen-bond donors (Lipinski definition) is 1. The van der Waals surface area contributed by atoms with E-state index in [0.29, 0.717) is 12.3 Å². The summed E-state index contributed by atoms with van der Waals surface area (Å²) in [6.07, 6.45) is 1.04. The lowest BCUT2D eigenvalue weighted by molar-refractivity contribution is -0.129. The third-order valence-corrected chi connectivity index (χ3v) is 4.25. The number of hydrogen-bond acceptors (Lipinski definition) is 2. The maximum Gasteiger partial charge on any atom is 0.261 e. The Kier molecular flexibility index (Phi) is 7.05. The molecule has 0 saturated heterocycles. The summed E-state index contributed by atoms with van der Waals surface area (Å²) in [4.78, 5) is 12.8. The summed E-state index contributed by atoms with van der Waals surface area (Å²) >= 11 is 0. The first-order chi connectivity index (χ1) is 12.0. The molecule has 1 amide bonds. The Balaban J connectivity index is 2.11. The summed E-state index contributed by atoms with van der Waals surface area (Å²) in [6.45, 7) is 8.31. The topological polar surface area (TPSA) is 38.3 Å². The summed E-state index contributed by atoms with van der Waals surface area (Å²) < 4.78 is 5.99. The maximum atomic E-state index is 12.8. The molecule has 0 spiro atoms. The average Bonchev–Trinajstić information content (AvgIpc) is 2.60. The molecule has 2 atom stereocenters. The molecule has 25 heavy (non-hydrogen) atoms. The van der Waals surface area contributed by atoms with Crippen LogP contribution in [0.3, 0.4) is 0 Å². The van der Waals surface area contributed by atoms with Gasteiger partial charge in [-0.05, 0) is 42.9 Å². The molecule has 3 heteroatoms. The number of para-hydroxylation sites is 1. The molecule has 0 aromatic heterocycles. The van der Waals surface area contributed by atoms with Gasteiger partial charge >= 0.3 is 0 Å². The Hall–Kier alpha value is -2.29. The van der Waals surface area contributed by atoms with E-state index in [1.54, 1.807) is 0 Å². The van der Waals surface area contributed by atoms with Crippen molar-refractivity contribution in [3.05, 3.63) is 65.7 Å². The molecular weight excluding hydrogens is 310 g/mol. The molecule has 0 aliphatic heterocycles. The third-order valence-electron chi connectivity index (χ3n) is 4.25. The molecular formula is C22H29NO2. The molecule has 134 valence electrons. The van der Waals surface area contributed by atoms with E-state index < -0.39 is 6.10 Å². The van der Waals surface area contributed by atoms with Gasteiger partial charge in [0.1, 0.15) is 5.75 Å². The minimum atomic E-state index is -0.487. The van der Waals surface area contributed by atoms with Crippen molar-refractivity contribution >= 4 is 5.91 Å². The van der Waals surface area contributed by atoms with Gasteiger partial charge in [-0.15, -0.1) is 0 Å². The monoisotopic (exact) mass is 339 g/mol. The second-order valence-electron chi connectivity index (χ2n) is 6.88. The van der Waals surface area contributed by atoms with Gasteiger partial charge < -0.3 is 10.1 Å². The molecule has 0 aliphatic rings. The predicted octanol–water partition coefficient (Wildman–Crippen LogP) is 5.06. The van der Waals surface area contributed by atoms with Gasteiger partial charge in [-0.25, -0.2) is 0 Å². The van der Waals surface area contributed by atoms with Crippen molar-refractivity contribution in [1.29, 1.82) is 0 Å². The molecule has 0 heterocycles. The first-order valence-corrected chi connectivity index (χ1v) is 9.08. The molecule has 0 bridgehead atoms. The minimum absolute atomic E-state index is 0.00298. The SMILES string of the molecule is CC[C@H](Oc1ccccc1C)C(=O)N[C@H](CC(C)C)c1ccccc1. The first kappa shape index (κ1) is 19.0. The van der Waals surface area contributed by atoms with Gasteiger partial charge in [0.25, 0.3) is 5.91 Å². The highest BCUT2D eigenvalue weighted by Crippen LogP contribution is 2.23. The van der Waals surface area contributed by atoms with Crippen LogP contribution in [0.15, 0.2) is 54.6 Å². The molecule has 2 aromatic rings. The average molecular weight is 339 g/mol. The molecule has 0 aliphatic carbocycles. The van der Waals surface area contributed by atoms with Gasteiger partial charge in [0.2, 0.25) is 0 Å². The van der Waals surface area contributed by atoms with Crippen LogP contribution in [0.4, 0.5) is 0 Å². The predicted molar refractivity (Wildman–Crippen MR) is 103 cm³/mol. The van der Waals surface area contributed by atoms with Crippen molar-refractivity contribution in [1.82, 2.24) is 5.32 Å². The van der Waals surface area contributed by atoms with Gasteiger partial charge in [0, 0.05) is 0 Å². The summed E-state index contributed by atoms with van der Waals surface area (Å²) in [5.41, 5.74) is 2.17. The van der Waals surface area contributed by atoms with Crippen LogP contribution in [0.5, 0.6) is 5.75 Å². The molecule has 2 aromatic carbocycles. The zero-order valence-electron chi connectivity index (χ0n) is 15.7. The summed E-state index contributed by atoms with van der Waals surface area (Å²) in [5.74, 6) is 1.20. The highest BCUT2D eigenvalue weighted by atomic mass is 16.5. The third kappa shape index (κ3) is 5.63. The van der Waals surface area contributed by atoms with Crippen molar-refractivity contribution in [2.24, 2.45) is 5.92 Å². The second kappa shape index (κ2) is 9.26. The number of amides is 1. The Morgan fingerprint density at radius 2 is 1.68 bits per heavy atom. The Labute approximate surface area is 151 Å². The number of rotatable bonds is 8. The maximum absolute atomic E-state index is 12.8. The van der Waals surface area contributed by atoms with Gasteiger partial charge in [0.15, 0.2) is 6.10 Å². The van der Waals surface area contributed by atoms with Crippen LogP contribution in [0.2, 0.25) is 0 Å². The largest absolute Gasteiger partial charge is 0.480 e. The lowest BCUT2D eigenvalue weighted by Crippen LogP contribution is -2.40. The number of carbonyl (C=O) groups excluding carboxylic acids is 1. The van der Waals surface area contributed by atoms with Gasteiger partial charge in [-0.2, -0.15) is 0 Å². The van der Waals surface area contributed by atoms with Crippen LogP contribution in [0.1, 0.15) is 50.8 Å². The number of benzene rings is 2. The van der Waals surface area contributed by atoms with E-state index >= 15 is 0 Å². The van der Waals surface area contributed by atoms with E-state index in [9.17, 15) is 4.79 Å². The highest BCUT2D eigenvalue weighted by Gasteiger charge is 2.23. The smallest absolute Gasteiger partial charge is 0.261 e. The van der Waals surface area contributed by atoms with Gasteiger partial charge in [-0.1, -0.05) is 69.3 Å². The van der Waals surface area contributed by atoms with E-state index in [-0.39, 0.29) is 11.9 Å². The van der Waals surface area contributed by atoms with Crippen LogP contribution < -0.4 is 10.1 Å². The van der Waals surface area contributed by atoms with Crippen LogP contribution in [-0.4, -0.2) is 12.0 Å². The fourth-order valence-corrected chi connectivity index (χ4v) is 2.86. The minimum Gasteiger partial charge on any atom is -0.480 e. The zero-order valence-corrected chi connectivity index (χ0v) is 15.7. The summed E-state index contributed by atoms with van der Waals surface area (Å²) in [6, 6.07) is 17.9. The molecule has 0 fully saturated rings. The van der Waals surface area contributed by atoms with Crippen LogP contribution >= 0.6 is 0 Å². The number of nitrogens with one attached hydrogen (secondary N) is 1. The zero-order chi connectivity index (χ0) is 18.2. The second-order valence-corrected chi connectivity index (χ2v) is 6.88. The van der Waals surface area contributed by atoms with Crippen LogP contribution in [0, 0.1) is 12.8 Å². The standard InChI is InChI=1S/C22H29NO2/c1-5-20(25-21-14-10-9-11-17(21)4)22(24)23-19(15-16(2)3)18-12-7-6-8-13-18/h6-14,16,19-20H,5,15H2,1-4H3,(H,23,24)/t19-,20+/m1/s1. The van der Waals surface area contributed by atoms with Crippen LogP contribution in [0.25, 0.3) is 0 Å². The Morgan fingerprint density at radius 1 is 1.04 bits per heavy atom. The highest BCUT2D eigenvalue weighted by molar-refractivity contribution is 5.81. The van der Waals surface area contributed by atoms with E-state index in [4.69, 9.17) is 4.74 Å². The molecule has 0 saturated carbocycles. The first-order valence-electron chi connectivity index (χ1n) is 9.08. The lowest BCUT2D eigenvalue weighted by atomic mass is 9.96. The molecule has 0 unspecified atom stereocenters. The Bertz CT molecular complexity index is 667. The van der Waals surface area contributed by atoms with Gasteiger partial charge in [0.05, 0.1) is 6.04 Å². The molecule has 3 nitrogen and oxygen atoms in total. The fourth-order valence-electron chi connectivity index (χ4n) is 2.86. The number of ether oxygens (including phenoxy) is 1. The Morgan fingerprint density at radius 3 is 2.28 bits per heavy atom. The van der Waals surface area contributed by atoms with Crippen molar-refractivity contribution in [3.8, 4) is 5.75 Å².